The molecule has 1 aliphatic rings. The van der Waals surface area contributed by atoms with Crippen molar-refractivity contribution in [3.8, 4) is 16.9 Å². The van der Waals surface area contributed by atoms with Crippen LogP contribution in [0.1, 0.15) is 32.1 Å². The van der Waals surface area contributed by atoms with E-state index in [9.17, 15) is 4.79 Å². The molecule has 152 valence electrons. The van der Waals surface area contributed by atoms with Gasteiger partial charge in [-0.3, -0.25) is 5.10 Å². The summed E-state index contributed by atoms with van der Waals surface area (Å²) in [5, 5.41) is 12.8. The Labute approximate surface area is 166 Å². The van der Waals surface area contributed by atoms with E-state index in [2.05, 4.69) is 25.7 Å². The number of aromatic nitrogens is 2. The van der Waals surface area contributed by atoms with Gasteiger partial charge in [0.15, 0.2) is 0 Å². The van der Waals surface area contributed by atoms with Crippen molar-refractivity contribution in [1.29, 1.82) is 0 Å². The second kappa shape index (κ2) is 10.1. The molecule has 7 nitrogen and oxygen atoms in total. The van der Waals surface area contributed by atoms with Gasteiger partial charge in [0.2, 0.25) is 0 Å². The van der Waals surface area contributed by atoms with E-state index in [0.717, 1.165) is 24.2 Å². The predicted octanol–water partition coefficient (Wildman–Crippen LogP) is 3.72. The number of amides is 2. The van der Waals surface area contributed by atoms with E-state index in [-0.39, 0.29) is 6.03 Å². The number of nitrogens with one attached hydrogen (secondary N) is 3. The van der Waals surface area contributed by atoms with Crippen LogP contribution < -0.4 is 15.4 Å². The van der Waals surface area contributed by atoms with Crippen LogP contribution in [0.2, 0.25) is 0 Å². The first-order chi connectivity index (χ1) is 13.6. The zero-order valence-corrected chi connectivity index (χ0v) is 16.8. The number of hydrogen-bond acceptors (Lipinski definition) is 4. The fraction of sp³-hybridized carbons (Fsp3) is 0.524. The molecule has 0 aliphatic heterocycles. The van der Waals surface area contributed by atoms with Crippen LogP contribution in [0.25, 0.3) is 11.1 Å². The molecule has 0 saturated heterocycles. The molecular formula is C21H31N5O2. The van der Waals surface area contributed by atoms with Crippen molar-refractivity contribution >= 4 is 11.7 Å². The molecule has 1 aliphatic carbocycles. The monoisotopic (exact) mass is 385 g/mol. The summed E-state index contributed by atoms with van der Waals surface area (Å²) < 4.78 is 5.97. The number of ether oxygens (including phenoxy) is 1. The van der Waals surface area contributed by atoms with Crippen LogP contribution in [0.15, 0.2) is 30.6 Å². The van der Waals surface area contributed by atoms with Crippen LogP contribution in [-0.2, 0) is 0 Å². The number of H-pyrrole nitrogens is 1. The molecule has 7 heteroatoms. The minimum Gasteiger partial charge on any atom is -0.490 e. The standard InChI is InChI=1S/C21H31N5O2/c1-26(2)10-11-28-20-12-17(18-14-23-24-15-18)8-9-19(20)25-21(27)22-13-16-6-4-3-5-7-16/h8-9,12,14-16H,3-7,10-11,13H2,1-2H3,(H,23,24)(H2,22,25,27). The Morgan fingerprint density at radius 2 is 2.07 bits per heavy atom. The molecule has 1 fully saturated rings. The smallest absolute Gasteiger partial charge is 0.319 e. The van der Waals surface area contributed by atoms with E-state index in [4.69, 9.17) is 4.74 Å². The molecule has 1 aromatic carbocycles. The van der Waals surface area contributed by atoms with Crippen molar-refractivity contribution in [3.63, 3.8) is 0 Å². The van der Waals surface area contributed by atoms with Crippen LogP contribution in [0.4, 0.5) is 10.5 Å². The molecule has 0 spiro atoms. The predicted molar refractivity (Wildman–Crippen MR) is 112 cm³/mol. The first kappa shape index (κ1) is 20.2. The minimum absolute atomic E-state index is 0.181. The minimum atomic E-state index is -0.181. The fourth-order valence-corrected chi connectivity index (χ4v) is 3.47. The normalized spacial score (nSPS) is 14.8. The average Bonchev–Trinajstić information content (AvgIpc) is 3.23. The second-order valence-corrected chi connectivity index (χ2v) is 7.69. The molecule has 28 heavy (non-hydrogen) atoms. The largest absolute Gasteiger partial charge is 0.490 e. The number of carbonyl (C=O) groups is 1. The number of anilines is 1. The molecule has 2 amide bonds. The maximum Gasteiger partial charge on any atom is 0.319 e. The Balaban J connectivity index is 1.64. The molecule has 1 saturated carbocycles. The highest BCUT2D eigenvalue weighted by Crippen LogP contribution is 2.31. The number of likely N-dealkylation sites (N-methyl/N-ethyl adjacent to an activating group) is 1. The van der Waals surface area contributed by atoms with E-state index in [0.29, 0.717) is 24.0 Å². The van der Waals surface area contributed by atoms with Gasteiger partial charge in [-0.25, -0.2) is 4.79 Å². The Kier molecular flexibility index (Phi) is 7.31. The van der Waals surface area contributed by atoms with Gasteiger partial charge in [-0.1, -0.05) is 25.3 Å². The number of rotatable bonds is 8. The van der Waals surface area contributed by atoms with Crippen LogP contribution in [0.5, 0.6) is 5.75 Å². The van der Waals surface area contributed by atoms with Crippen molar-refractivity contribution in [2.45, 2.75) is 32.1 Å². The summed E-state index contributed by atoms with van der Waals surface area (Å²) >= 11 is 0. The highest BCUT2D eigenvalue weighted by Gasteiger charge is 2.15. The second-order valence-electron chi connectivity index (χ2n) is 7.69. The summed E-state index contributed by atoms with van der Waals surface area (Å²) in [6.45, 7) is 2.07. The lowest BCUT2D eigenvalue weighted by molar-refractivity contribution is 0.246. The zero-order chi connectivity index (χ0) is 19.8. The lowest BCUT2D eigenvalue weighted by Crippen LogP contribution is -2.33. The van der Waals surface area contributed by atoms with E-state index in [1.54, 1.807) is 6.20 Å². The molecule has 2 aromatic rings. The third-order valence-electron chi connectivity index (χ3n) is 5.13. The van der Waals surface area contributed by atoms with Crippen LogP contribution in [-0.4, -0.2) is 54.9 Å². The maximum atomic E-state index is 12.4. The van der Waals surface area contributed by atoms with Gasteiger partial charge in [0.25, 0.3) is 0 Å². The molecule has 0 radical (unpaired) electrons. The van der Waals surface area contributed by atoms with E-state index < -0.39 is 0 Å². The van der Waals surface area contributed by atoms with Gasteiger partial charge in [0, 0.05) is 24.8 Å². The molecule has 1 heterocycles. The lowest BCUT2D eigenvalue weighted by Gasteiger charge is -2.22. The highest BCUT2D eigenvalue weighted by atomic mass is 16.5. The van der Waals surface area contributed by atoms with Gasteiger partial charge in [-0.05, 0) is 50.6 Å². The quantitative estimate of drug-likeness (QED) is 0.647. The number of benzene rings is 1. The summed E-state index contributed by atoms with van der Waals surface area (Å²) in [5.41, 5.74) is 2.64. The Morgan fingerprint density at radius 3 is 2.79 bits per heavy atom. The van der Waals surface area contributed by atoms with Crippen LogP contribution >= 0.6 is 0 Å². The molecule has 0 atom stereocenters. The zero-order valence-electron chi connectivity index (χ0n) is 16.8. The number of nitrogens with zero attached hydrogens (tertiary/aromatic N) is 2. The van der Waals surface area contributed by atoms with Gasteiger partial charge >= 0.3 is 6.03 Å². The molecule has 3 N–H and O–H groups in total. The summed E-state index contributed by atoms with van der Waals surface area (Å²) in [6.07, 6.45) is 9.88. The number of aromatic amines is 1. The maximum absolute atomic E-state index is 12.4. The third kappa shape index (κ3) is 5.99. The Bertz CT molecular complexity index is 739. The fourth-order valence-electron chi connectivity index (χ4n) is 3.47. The molecule has 3 rings (SSSR count). The van der Waals surface area contributed by atoms with Crippen LogP contribution in [0, 0.1) is 5.92 Å². The number of urea groups is 1. The third-order valence-corrected chi connectivity index (χ3v) is 5.13. The van der Waals surface area contributed by atoms with Crippen molar-refractivity contribution in [3.05, 3.63) is 30.6 Å². The Hall–Kier alpha value is -2.54. The van der Waals surface area contributed by atoms with E-state index in [1.165, 1.54) is 32.1 Å². The summed E-state index contributed by atoms with van der Waals surface area (Å²) in [6, 6.07) is 5.60. The summed E-state index contributed by atoms with van der Waals surface area (Å²) in [7, 11) is 4.01. The van der Waals surface area contributed by atoms with Gasteiger partial charge in [-0.15, -0.1) is 0 Å². The van der Waals surface area contributed by atoms with Crippen molar-refractivity contribution < 1.29 is 9.53 Å². The molecule has 0 unspecified atom stereocenters. The molecular weight excluding hydrogens is 354 g/mol. The number of carbonyl (C=O) groups excluding carboxylic acids is 1. The highest BCUT2D eigenvalue weighted by molar-refractivity contribution is 5.91. The molecule has 0 bridgehead atoms. The summed E-state index contributed by atoms with van der Waals surface area (Å²) in [5.74, 6) is 1.26. The average molecular weight is 386 g/mol. The van der Waals surface area contributed by atoms with Crippen molar-refractivity contribution in [1.82, 2.24) is 20.4 Å². The summed E-state index contributed by atoms with van der Waals surface area (Å²) in [4.78, 5) is 14.5. The topological polar surface area (TPSA) is 82.3 Å². The molecule has 1 aromatic heterocycles. The van der Waals surface area contributed by atoms with Gasteiger partial charge in [0.1, 0.15) is 12.4 Å². The van der Waals surface area contributed by atoms with Gasteiger partial charge in [0.05, 0.1) is 11.9 Å². The van der Waals surface area contributed by atoms with Crippen molar-refractivity contribution in [2.75, 3.05) is 39.1 Å². The van der Waals surface area contributed by atoms with Gasteiger partial charge in [-0.2, -0.15) is 5.10 Å². The number of hydrogen-bond donors (Lipinski definition) is 3. The first-order valence-corrected chi connectivity index (χ1v) is 10.1. The first-order valence-electron chi connectivity index (χ1n) is 10.1. The van der Waals surface area contributed by atoms with Crippen LogP contribution in [0.3, 0.4) is 0 Å². The van der Waals surface area contributed by atoms with E-state index >= 15 is 0 Å². The van der Waals surface area contributed by atoms with E-state index in [1.807, 2.05) is 38.5 Å². The lowest BCUT2D eigenvalue weighted by atomic mass is 9.89. The Morgan fingerprint density at radius 1 is 1.25 bits per heavy atom. The van der Waals surface area contributed by atoms with Gasteiger partial charge < -0.3 is 20.3 Å². The SMILES string of the molecule is CN(C)CCOc1cc(-c2cn[nH]c2)ccc1NC(=O)NCC1CCCCC1. The van der Waals surface area contributed by atoms with Crippen molar-refractivity contribution in [2.24, 2.45) is 5.92 Å².